The summed E-state index contributed by atoms with van der Waals surface area (Å²) in [4.78, 5) is 14.9. The second kappa shape index (κ2) is 6.01. The number of ether oxygens (including phenoxy) is 1. The molecule has 0 bridgehead atoms. The Labute approximate surface area is 108 Å². The number of pyridine rings is 1. The van der Waals surface area contributed by atoms with Crippen molar-refractivity contribution >= 4 is 5.97 Å². The van der Waals surface area contributed by atoms with Gasteiger partial charge in [-0.3, -0.25) is 9.78 Å². The number of aliphatic hydroxyl groups is 1. The molecule has 0 saturated carbocycles. The Bertz CT molecular complexity index is 431. The zero-order valence-corrected chi connectivity index (χ0v) is 10.4. The Morgan fingerprint density at radius 3 is 2.53 bits per heavy atom. The molecule has 1 unspecified atom stereocenters. The maximum Gasteiger partial charge on any atom is 0.417 e. The highest BCUT2D eigenvalue weighted by Gasteiger charge is 2.32. The van der Waals surface area contributed by atoms with E-state index in [1.807, 2.05) is 0 Å². The van der Waals surface area contributed by atoms with E-state index in [1.165, 1.54) is 6.92 Å². The van der Waals surface area contributed by atoms with Crippen LogP contribution >= 0.6 is 0 Å². The van der Waals surface area contributed by atoms with E-state index in [9.17, 15) is 23.1 Å². The topological polar surface area (TPSA) is 59.4 Å². The van der Waals surface area contributed by atoms with E-state index in [0.717, 1.165) is 12.1 Å². The summed E-state index contributed by atoms with van der Waals surface area (Å²) in [5.74, 6) is -1.53. The number of nitrogens with zero attached hydrogens (tertiary/aromatic N) is 1. The largest absolute Gasteiger partial charge is 0.466 e. The summed E-state index contributed by atoms with van der Waals surface area (Å²) in [6, 6.07) is 1.85. The summed E-state index contributed by atoms with van der Waals surface area (Å²) in [6.45, 7) is 3.20. The second-order valence-corrected chi connectivity index (χ2v) is 3.96. The van der Waals surface area contributed by atoms with Crippen LogP contribution in [0.5, 0.6) is 0 Å². The maximum absolute atomic E-state index is 12.3. The van der Waals surface area contributed by atoms with Gasteiger partial charge in [-0.1, -0.05) is 0 Å². The summed E-state index contributed by atoms with van der Waals surface area (Å²) >= 11 is 0. The lowest BCUT2D eigenvalue weighted by Crippen LogP contribution is -2.22. The lowest BCUT2D eigenvalue weighted by atomic mass is 10.0. The quantitative estimate of drug-likeness (QED) is 0.858. The van der Waals surface area contributed by atoms with E-state index in [1.54, 1.807) is 6.92 Å². The van der Waals surface area contributed by atoms with Crippen molar-refractivity contribution in [2.24, 2.45) is 5.92 Å². The molecule has 7 heteroatoms. The Morgan fingerprint density at radius 2 is 2.11 bits per heavy atom. The molecule has 106 valence electrons. The summed E-state index contributed by atoms with van der Waals surface area (Å²) in [5.41, 5.74) is -0.916. The molecule has 0 radical (unpaired) electrons. The van der Waals surface area contributed by atoms with Crippen molar-refractivity contribution in [1.29, 1.82) is 0 Å². The van der Waals surface area contributed by atoms with Crippen LogP contribution in [0, 0.1) is 5.92 Å². The van der Waals surface area contributed by atoms with Crippen LogP contribution in [0.3, 0.4) is 0 Å². The molecule has 1 aromatic heterocycles. The first-order chi connectivity index (χ1) is 8.77. The molecule has 0 saturated heterocycles. The first-order valence-electron chi connectivity index (χ1n) is 5.65. The lowest BCUT2D eigenvalue weighted by Gasteiger charge is -2.17. The van der Waals surface area contributed by atoms with Crippen molar-refractivity contribution in [2.45, 2.75) is 26.1 Å². The highest BCUT2D eigenvalue weighted by Crippen LogP contribution is 2.29. The molecule has 19 heavy (non-hydrogen) atoms. The Balaban J connectivity index is 2.83. The smallest absolute Gasteiger partial charge is 0.417 e. The minimum absolute atomic E-state index is 0.00597. The molecular formula is C12H14F3NO3. The van der Waals surface area contributed by atoms with Crippen molar-refractivity contribution in [2.75, 3.05) is 6.61 Å². The molecule has 1 heterocycles. The van der Waals surface area contributed by atoms with Crippen LogP contribution in [0.1, 0.15) is 31.2 Å². The molecule has 0 fully saturated rings. The van der Waals surface area contributed by atoms with Crippen LogP contribution in [0.25, 0.3) is 0 Å². The SMILES string of the molecule is CCOC(=O)[C@@H](C)C(O)c1ccc(C(F)(F)F)cn1. The van der Waals surface area contributed by atoms with Gasteiger partial charge >= 0.3 is 12.1 Å². The van der Waals surface area contributed by atoms with Crippen LogP contribution in [0.4, 0.5) is 13.2 Å². The molecule has 0 amide bonds. The van der Waals surface area contributed by atoms with Gasteiger partial charge < -0.3 is 9.84 Å². The molecular weight excluding hydrogens is 263 g/mol. The molecule has 1 rings (SSSR count). The minimum Gasteiger partial charge on any atom is -0.466 e. The van der Waals surface area contributed by atoms with E-state index >= 15 is 0 Å². The number of esters is 1. The zero-order chi connectivity index (χ0) is 14.6. The van der Waals surface area contributed by atoms with Crippen LogP contribution in [0.2, 0.25) is 0 Å². The van der Waals surface area contributed by atoms with Gasteiger partial charge in [0.25, 0.3) is 0 Å². The monoisotopic (exact) mass is 277 g/mol. The Kier molecular flexibility index (Phi) is 4.88. The highest BCUT2D eigenvalue weighted by molar-refractivity contribution is 5.72. The average Bonchev–Trinajstić information content (AvgIpc) is 2.36. The minimum atomic E-state index is -4.48. The fraction of sp³-hybridized carbons (Fsp3) is 0.500. The molecule has 1 aromatic rings. The van der Waals surface area contributed by atoms with Crippen LogP contribution in [-0.2, 0) is 15.7 Å². The van der Waals surface area contributed by atoms with Gasteiger partial charge in [-0.15, -0.1) is 0 Å². The predicted octanol–water partition coefficient (Wildman–Crippen LogP) is 2.33. The second-order valence-electron chi connectivity index (χ2n) is 3.96. The van der Waals surface area contributed by atoms with Crippen molar-refractivity contribution in [3.05, 3.63) is 29.6 Å². The molecule has 0 aromatic carbocycles. The predicted molar refractivity (Wildman–Crippen MR) is 60.0 cm³/mol. The molecule has 0 aliphatic carbocycles. The number of carbonyl (C=O) groups is 1. The summed E-state index contributed by atoms with van der Waals surface area (Å²) in [6.07, 6.45) is -5.17. The Hall–Kier alpha value is -1.63. The van der Waals surface area contributed by atoms with E-state index in [4.69, 9.17) is 4.74 Å². The van der Waals surface area contributed by atoms with Gasteiger partial charge in [0.15, 0.2) is 0 Å². The van der Waals surface area contributed by atoms with Gasteiger partial charge in [0.05, 0.1) is 23.8 Å². The van der Waals surface area contributed by atoms with Gasteiger partial charge in [0.2, 0.25) is 0 Å². The molecule has 1 N–H and O–H groups in total. The fourth-order valence-corrected chi connectivity index (χ4v) is 1.41. The molecule has 4 nitrogen and oxygen atoms in total. The van der Waals surface area contributed by atoms with E-state index in [-0.39, 0.29) is 12.3 Å². The van der Waals surface area contributed by atoms with Gasteiger partial charge in [-0.25, -0.2) is 0 Å². The van der Waals surface area contributed by atoms with Crippen molar-refractivity contribution in [1.82, 2.24) is 4.98 Å². The molecule has 2 atom stereocenters. The standard InChI is InChI=1S/C12H14F3NO3/c1-3-19-11(18)7(2)10(17)9-5-4-8(6-16-9)12(13,14)15/h4-7,10,17H,3H2,1-2H3/t7-,10?/m0/s1. The first kappa shape index (κ1) is 15.4. The van der Waals surface area contributed by atoms with E-state index < -0.39 is 29.7 Å². The van der Waals surface area contributed by atoms with Crippen molar-refractivity contribution in [3.8, 4) is 0 Å². The van der Waals surface area contributed by atoms with Gasteiger partial charge in [-0.2, -0.15) is 13.2 Å². The molecule has 0 aliphatic rings. The summed E-state index contributed by atoms with van der Waals surface area (Å²) in [5, 5.41) is 9.84. The number of aliphatic hydroxyl groups excluding tert-OH is 1. The summed E-state index contributed by atoms with van der Waals surface area (Å²) in [7, 11) is 0. The first-order valence-corrected chi connectivity index (χ1v) is 5.65. The number of carbonyl (C=O) groups excluding carboxylic acids is 1. The third-order valence-corrected chi connectivity index (χ3v) is 2.55. The highest BCUT2D eigenvalue weighted by atomic mass is 19.4. The number of rotatable bonds is 4. The maximum atomic E-state index is 12.3. The Morgan fingerprint density at radius 1 is 1.47 bits per heavy atom. The van der Waals surface area contributed by atoms with Gasteiger partial charge in [0, 0.05) is 6.20 Å². The van der Waals surface area contributed by atoms with Crippen molar-refractivity contribution in [3.63, 3.8) is 0 Å². The van der Waals surface area contributed by atoms with Gasteiger partial charge in [0.1, 0.15) is 6.10 Å². The van der Waals surface area contributed by atoms with Crippen LogP contribution in [0.15, 0.2) is 18.3 Å². The zero-order valence-electron chi connectivity index (χ0n) is 10.4. The van der Waals surface area contributed by atoms with Crippen LogP contribution < -0.4 is 0 Å². The number of alkyl halides is 3. The molecule has 0 spiro atoms. The average molecular weight is 277 g/mol. The van der Waals surface area contributed by atoms with E-state index in [0.29, 0.717) is 6.20 Å². The normalized spacial score (nSPS) is 14.8. The lowest BCUT2D eigenvalue weighted by molar-refractivity contribution is -0.151. The number of hydrogen-bond donors (Lipinski definition) is 1. The van der Waals surface area contributed by atoms with Crippen molar-refractivity contribution < 1.29 is 27.8 Å². The fourth-order valence-electron chi connectivity index (χ4n) is 1.41. The van der Waals surface area contributed by atoms with E-state index in [2.05, 4.69) is 4.98 Å². The number of hydrogen-bond acceptors (Lipinski definition) is 4. The third kappa shape index (κ3) is 3.92. The third-order valence-electron chi connectivity index (χ3n) is 2.55. The van der Waals surface area contributed by atoms with Crippen LogP contribution in [-0.4, -0.2) is 22.7 Å². The number of halogens is 3. The molecule has 0 aliphatic heterocycles. The number of aromatic nitrogens is 1. The summed E-state index contributed by atoms with van der Waals surface area (Å²) < 4.78 is 41.7. The van der Waals surface area contributed by atoms with Gasteiger partial charge in [-0.05, 0) is 26.0 Å².